The van der Waals surface area contributed by atoms with Crippen LogP contribution in [0.25, 0.3) is 10.3 Å². The number of rotatable bonds is 9. The number of hydrogen-bond acceptors (Lipinski definition) is 9. The van der Waals surface area contributed by atoms with Crippen molar-refractivity contribution in [1.82, 2.24) is 15.0 Å². The van der Waals surface area contributed by atoms with Crippen LogP contribution in [0.1, 0.15) is 5.56 Å². The number of fused-ring (bicyclic) bond motifs is 1. The van der Waals surface area contributed by atoms with Gasteiger partial charge in [0.15, 0.2) is 33.4 Å². The number of nitrogens with zero attached hydrogens (tertiary/aromatic N) is 3. The van der Waals surface area contributed by atoms with Crippen LogP contribution in [0.4, 0.5) is 19.7 Å². The summed E-state index contributed by atoms with van der Waals surface area (Å²) in [6.07, 6.45) is 0. The summed E-state index contributed by atoms with van der Waals surface area (Å²) in [6.45, 7) is 1.07. The van der Waals surface area contributed by atoms with Crippen molar-refractivity contribution in [2.45, 2.75) is 10.9 Å². The van der Waals surface area contributed by atoms with Crippen molar-refractivity contribution in [2.75, 3.05) is 37.4 Å². The topological polar surface area (TPSA) is 106 Å². The van der Waals surface area contributed by atoms with Crippen LogP contribution in [0, 0.1) is 11.6 Å². The van der Waals surface area contributed by atoms with Crippen molar-refractivity contribution in [1.29, 1.82) is 0 Å². The predicted molar refractivity (Wildman–Crippen MR) is 102 cm³/mol. The van der Waals surface area contributed by atoms with Crippen LogP contribution in [-0.2, 0) is 10.5 Å². The molecule has 0 saturated heterocycles. The minimum Gasteiger partial charge on any atom is -0.394 e. The van der Waals surface area contributed by atoms with E-state index in [9.17, 15) is 8.78 Å². The standard InChI is InChI=1S/C16H17F2N5O2S2/c17-10-3-1-2-9(11(10)18)8-26-16-22-13(20-4-6-25-7-5-24)12-14(23-16)21-15(19)27-12/h1-3,24H,4-8H2,(H3,19,20,21,22,23). The van der Waals surface area contributed by atoms with Gasteiger partial charge in [0.1, 0.15) is 4.70 Å². The summed E-state index contributed by atoms with van der Waals surface area (Å²) in [5, 5.41) is 12.6. The Morgan fingerprint density at radius 2 is 2.07 bits per heavy atom. The number of aliphatic hydroxyl groups excluding tert-OH is 1. The Morgan fingerprint density at radius 3 is 2.89 bits per heavy atom. The Labute approximate surface area is 162 Å². The second kappa shape index (κ2) is 9.22. The second-order valence-electron chi connectivity index (χ2n) is 5.32. The van der Waals surface area contributed by atoms with Crippen LogP contribution in [0.5, 0.6) is 0 Å². The maximum Gasteiger partial charge on any atom is 0.191 e. The van der Waals surface area contributed by atoms with E-state index in [1.165, 1.54) is 35.2 Å². The van der Waals surface area contributed by atoms with E-state index in [1.54, 1.807) is 0 Å². The fraction of sp³-hybridized carbons (Fsp3) is 0.312. The quantitative estimate of drug-likeness (QED) is 0.279. The number of nitrogens with two attached hydrogens (primary N) is 1. The molecule has 0 spiro atoms. The van der Waals surface area contributed by atoms with Crippen LogP contribution in [-0.4, -0.2) is 46.4 Å². The third kappa shape index (κ3) is 5.01. The Morgan fingerprint density at radius 1 is 1.22 bits per heavy atom. The molecule has 0 amide bonds. The molecule has 0 aliphatic rings. The minimum atomic E-state index is -0.887. The van der Waals surface area contributed by atoms with E-state index in [0.717, 1.165) is 6.07 Å². The Kier molecular flexibility index (Phi) is 6.72. The number of nitrogen functional groups attached to an aromatic ring is 1. The molecule has 0 bridgehead atoms. The van der Waals surface area contributed by atoms with E-state index in [2.05, 4.69) is 20.3 Å². The lowest BCUT2D eigenvalue weighted by Crippen LogP contribution is -2.12. The van der Waals surface area contributed by atoms with E-state index in [-0.39, 0.29) is 24.5 Å². The second-order valence-corrected chi connectivity index (χ2v) is 7.30. The number of ether oxygens (including phenoxy) is 1. The number of thioether (sulfide) groups is 1. The van der Waals surface area contributed by atoms with Gasteiger partial charge in [-0.15, -0.1) is 0 Å². The third-order valence-electron chi connectivity index (χ3n) is 3.41. The molecule has 4 N–H and O–H groups in total. The molecule has 0 aliphatic heterocycles. The molecule has 0 radical (unpaired) electrons. The van der Waals surface area contributed by atoms with Crippen LogP contribution in [0.2, 0.25) is 0 Å². The summed E-state index contributed by atoms with van der Waals surface area (Å²) < 4.78 is 33.1. The van der Waals surface area contributed by atoms with Gasteiger partial charge < -0.3 is 20.9 Å². The molecule has 0 fully saturated rings. The maximum atomic E-state index is 13.8. The number of thiazole rings is 1. The third-order valence-corrected chi connectivity index (χ3v) is 5.19. The zero-order valence-electron chi connectivity index (χ0n) is 14.1. The first kappa shape index (κ1) is 19.7. The van der Waals surface area contributed by atoms with Crippen molar-refractivity contribution in [3.05, 3.63) is 35.4 Å². The highest BCUT2D eigenvalue weighted by Gasteiger charge is 2.14. The van der Waals surface area contributed by atoms with E-state index in [0.29, 0.717) is 39.6 Å². The summed E-state index contributed by atoms with van der Waals surface area (Å²) in [5.41, 5.74) is 6.44. The van der Waals surface area contributed by atoms with Gasteiger partial charge in [-0.1, -0.05) is 35.2 Å². The monoisotopic (exact) mass is 413 g/mol. The number of halogens is 2. The van der Waals surface area contributed by atoms with Gasteiger partial charge >= 0.3 is 0 Å². The molecule has 1 aromatic carbocycles. The first-order valence-corrected chi connectivity index (χ1v) is 9.81. The van der Waals surface area contributed by atoms with Crippen molar-refractivity contribution >= 4 is 44.4 Å². The summed E-state index contributed by atoms with van der Waals surface area (Å²) in [4.78, 5) is 12.9. The first-order valence-electron chi connectivity index (χ1n) is 8.00. The van der Waals surface area contributed by atoms with Crippen molar-refractivity contribution < 1.29 is 18.6 Å². The molecule has 7 nitrogen and oxygen atoms in total. The summed E-state index contributed by atoms with van der Waals surface area (Å²) in [7, 11) is 0. The highest BCUT2D eigenvalue weighted by Crippen LogP contribution is 2.31. The fourth-order valence-corrected chi connectivity index (χ4v) is 3.77. The van der Waals surface area contributed by atoms with E-state index in [1.807, 2.05) is 0 Å². The van der Waals surface area contributed by atoms with Crippen molar-refractivity contribution in [3.63, 3.8) is 0 Å². The highest BCUT2D eigenvalue weighted by molar-refractivity contribution is 7.98. The Hall–Kier alpha value is -2.08. The smallest absolute Gasteiger partial charge is 0.191 e. The summed E-state index contributed by atoms with van der Waals surface area (Å²) in [6, 6.07) is 4.05. The van der Waals surface area contributed by atoms with E-state index < -0.39 is 11.6 Å². The van der Waals surface area contributed by atoms with Crippen LogP contribution >= 0.6 is 23.1 Å². The number of aliphatic hydroxyl groups is 1. The fourth-order valence-electron chi connectivity index (χ4n) is 2.22. The number of benzene rings is 1. The molecule has 3 rings (SSSR count). The predicted octanol–water partition coefficient (Wildman–Crippen LogP) is 2.66. The van der Waals surface area contributed by atoms with Crippen LogP contribution in [0.15, 0.2) is 23.4 Å². The first-order chi connectivity index (χ1) is 13.1. The van der Waals surface area contributed by atoms with Crippen LogP contribution < -0.4 is 11.1 Å². The van der Waals surface area contributed by atoms with Crippen molar-refractivity contribution in [2.24, 2.45) is 0 Å². The Bertz CT molecular complexity index is 925. The molecular weight excluding hydrogens is 396 g/mol. The largest absolute Gasteiger partial charge is 0.394 e. The summed E-state index contributed by atoms with van der Waals surface area (Å²) in [5.74, 6) is -1.04. The van der Waals surface area contributed by atoms with Gasteiger partial charge in [0.05, 0.1) is 19.8 Å². The Balaban J connectivity index is 1.75. The molecule has 2 aromatic heterocycles. The molecular formula is C16H17F2N5O2S2. The lowest BCUT2D eigenvalue weighted by atomic mass is 10.2. The van der Waals surface area contributed by atoms with Gasteiger partial charge in [0.25, 0.3) is 0 Å². The molecule has 0 aliphatic carbocycles. The average Bonchev–Trinajstić information content (AvgIpc) is 3.03. The zero-order chi connectivity index (χ0) is 19.2. The van der Waals surface area contributed by atoms with Gasteiger partial charge in [0.2, 0.25) is 0 Å². The van der Waals surface area contributed by atoms with Gasteiger partial charge in [-0.2, -0.15) is 0 Å². The molecule has 2 heterocycles. The molecule has 11 heteroatoms. The minimum absolute atomic E-state index is 0.0411. The lowest BCUT2D eigenvalue weighted by molar-refractivity contribution is 0.0992. The van der Waals surface area contributed by atoms with Gasteiger partial charge in [-0.25, -0.2) is 23.7 Å². The molecule has 27 heavy (non-hydrogen) atoms. The molecule has 3 aromatic rings. The van der Waals surface area contributed by atoms with Gasteiger partial charge in [0, 0.05) is 17.9 Å². The normalized spacial score (nSPS) is 11.2. The van der Waals surface area contributed by atoms with Crippen LogP contribution in [0.3, 0.4) is 0 Å². The SMILES string of the molecule is Nc1nc2nc(SCc3cccc(F)c3F)nc(NCCOCCO)c2s1. The number of aromatic nitrogens is 3. The zero-order valence-corrected chi connectivity index (χ0v) is 15.7. The number of hydrogen-bond donors (Lipinski definition) is 3. The van der Waals surface area contributed by atoms with E-state index in [4.69, 9.17) is 15.6 Å². The molecule has 0 atom stereocenters. The molecule has 0 unspecified atom stereocenters. The highest BCUT2D eigenvalue weighted by atomic mass is 32.2. The van der Waals surface area contributed by atoms with Gasteiger partial charge in [-0.3, -0.25) is 0 Å². The number of anilines is 2. The number of nitrogens with one attached hydrogen (secondary N) is 1. The van der Waals surface area contributed by atoms with E-state index >= 15 is 0 Å². The lowest BCUT2D eigenvalue weighted by Gasteiger charge is -2.08. The maximum absolute atomic E-state index is 13.8. The average molecular weight is 413 g/mol. The molecule has 0 saturated carbocycles. The molecule has 144 valence electrons. The summed E-state index contributed by atoms with van der Waals surface area (Å²) >= 11 is 2.43. The van der Waals surface area contributed by atoms with Gasteiger partial charge in [-0.05, 0) is 6.07 Å². The van der Waals surface area contributed by atoms with Crippen molar-refractivity contribution in [3.8, 4) is 0 Å².